The predicted molar refractivity (Wildman–Crippen MR) is 83.1 cm³/mol. The van der Waals surface area contributed by atoms with Gasteiger partial charge in [0.2, 0.25) is 0 Å². The summed E-state index contributed by atoms with van der Waals surface area (Å²) in [4.78, 5) is 2.79. The van der Waals surface area contributed by atoms with Crippen molar-refractivity contribution >= 4 is 0 Å². The molecule has 2 saturated heterocycles. The van der Waals surface area contributed by atoms with Gasteiger partial charge in [-0.1, -0.05) is 19.8 Å². The molecule has 2 atom stereocenters. The maximum atomic E-state index is 5.82. The summed E-state index contributed by atoms with van der Waals surface area (Å²) in [7, 11) is 0. The van der Waals surface area contributed by atoms with Crippen LogP contribution in [0.3, 0.4) is 0 Å². The van der Waals surface area contributed by atoms with Gasteiger partial charge < -0.3 is 10.1 Å². The van der Waals surface area contributed by atoms with Crippen LogP contribution in [0.15, 0.2) is 0 Å². The lowest BCUT2D eigenvalue weighted by Gasteiger charge is -2.52. The second kappa shape index (κ2) is 5.94. The molecule has 1 spiro atoms. The van der Waals surface area contributed by atoms with Crippen LogP contribution in [0.5, 0.6) is 0 Å². The molecule has 3 heteroatoms. The maximum absolute atomic E-state index is 5.82. The molecule has 3 fully saturated rings. The topological polar surface area (TPSA) is 24.5 Å². The number of hydrogen-bond donors (Lipinski definition) is 1. The van der Waals surface area contributed by atoms with Gasteiger partial charge in [-0.15, -0.1) is 0 Å². The molecule has 3 aliphatic rings. The molecule has 2 unspecified atom stereocenters. The van der Waals surface area contributed by atoms with Gasteiger partial charge in [-0.2, -0.15) is 0 Å². The Kier molecular flexibility index (Phi) is 4.40. The van der Waals surface area contributed by atoms with Crippen molar-refractivity contribution in [1.82, 2.24) is 10.2 Å². The summed E-state index contributed by atoms with van der Waals surface area (Å²) in [5, 5.41) is 3.92. The minimum Gasteiger partial charge on any atom is -0.378 e. The molecular weight excluding hydrogens is 248 g/mol. The van der Waals surface area contributed by atoms with Gasteiger partial charge in [-0.25, -0.2) is 0 Å². The van der Waals surface area contributed by atoms with Gasteiger partial charge in [0.1, 0.15) is 0 Å². The molecule has 20 heavy (non-hydrogen) atoms. The number of piperazine rings is 1. The van der Waals surface area contributed by atoms with Gasteiger partial charge in [0.15, 0.2) is 0 Å². The standard InChI is InChI=1S/C17H32N2O/c1-3-16(2)13-18-17(9-4-5-10-17)14-19(16)11-8-15-7-6-12-20-15/h15,18H,3-14H2,1-2H3. The Hall–Kier alpha value is -0.120. The maximum Gasteiger partial charge on any atom is 0.0588 e. The van der Waals surface area contributed by atoms with E-state index >= 15 is 0 Å². The van der Waals surface area contributed by atoms with Gasteiger partial charge in [0, 0.05) is 37.3 Å². The van der Waals surface area contributed by atoms with E-state index < -0.39 is 0 Å². The summed E-state index contributed by atoms with van der Waals surface area (Å²) in [5.74, 6) is 0. The number of nitrogens with zero attached hydrogens (tertiary/aromatic N) is 1. The Bertz CT molecular complexity index is 321. The van der Waals surface area contributed by atoms with Crippen LogP contribution >= 0.6 is 0 Å². The van der Waals surface area contributed by atoms with Crippen molar-refractivity contribution in [2.45, 2.75) is 82.4 Å². The summed E-state index contributed by atoms with van der Waals surface area (Å²) in [5.41, 5.74) is 0.775. The molecule has 3 rings (SSSR count). The molecule has 1 aliphatic carbocycles. The van der Waals surface area contributed by atoms with Crippen molar-refractivity contribution in [1.29, 1.82) is 0 Å². The average molecular weight is 280 g/mol. The Balaban J connectivity index is 1.62. The average Bonchev–Trinajstić information content (AvgIpc) is 3.12. The molecular formula is C17H32N2O. The Morgan fingerprint density at radius 1 is 1.25 bits per heavy atom. The van der Waals surface area contributed by atoms with E-state index in [-0.39, 0.29) is 0 Å². The van der Waals surface area contributed by atoms with Crippen LogP contribution in [-0.2, 0) is 4.74 Å². The molecule has 0 amide bonds. The first kappa shape index (κ1) is 14.8. The molecule has 0 aromatic carbocycles. The number of nitrogens with one attached hydrogen (secondary N) is 1. The number of rotatable bonds is 4. The van der Waals surface area contributed by atoms with Crippen molar-refractivity contribution in [2.75, 3.05) is 26.2 Å². The lowest BCUT2D eigenvalue weighted by molar-refractivity contribution is 0.000793. The summed E-state index contributed by atoms with van der Waals surface area (Å²) in [6.45, 7) is 9.41. The number of hydrogen-bond acceptors (Lipinski definition) is 3. The SMILES string of the molecule is CCC1(C)CNC2(CCCC2)CN1CCC1CCCO1. The zero-order chi connectivity index (χ0) is 14.1. The molecule has 116 valence electrons. The summed E-state index contributed by atoms with van der Waals surface area (Å²) in [6.07, 6.45) is 11.1. The predicted octanol–water partition coefficient (Wildman–Crippen LogP) is 2.94. The van der Waals surface area contributed by atoms with E-state index in [0.717, 1.165) is 13.2 Å². The third kappa shape index (κ3) is 2.90. The van der Waals surface area contributed by atoms with Crippen LogP contribution < -0.4 is 5.32 Å². The molecule has 0 radical (unpaired) electrons. The number of ether oxygens (including phenoxy) is 1. The third-order valence-electron chi connectivity index (χ3n) is 6.17. The first-order chi connectivity index (χ1) is 9.66. The summed E-state index contributed by atoms with van der Waals surface area (Å²) < 4.78 is 5.82. The molecule has 1 saturated carbocycles. The van der Waals surface area contributed by atoms with Crippen molar-refractivity contribution in [2.24, 2.45) is 0 Å². The van der Waals surface area contributed by atoms with Crippen LogP contribution in [-0.4, -0.2) is 48.3 Å². The first-order valence-electron chi connectivity index (χ1n) is 8.78. The molecule has 2 aliphatic heterocycles. The lowest BCUT2D eigenvalue weighted by atomic mass is 9.85. The van der Waals surface area contributed by atoms with Crippen LogP contribution in [0.25, 0.3) is 0 Å². The van der Waals surface area contributed by atoms with Crippen LogP contribution in [0.1, 0.15) is 65.2 Å². The van der Waals surface area contributed by atoms with Crippen LogP contribution in [0.4, 0.5) is 0 Å². The molecule has 3 nitrogen and oxygen atoms in total. The van der Waals surface area contributed by atoms with Crippen molar-refractivity contribution in [3.8, 4) is 0 Å². The second-order valence-corrected chi connectivity index (χ2v) is 7.54. The zero-order valence-electron chi connectivity index (χ0n) is 13.4. The van der Waals surface area contributed by atoms with Gasteiger partial charge in [-0.05, 0) is 45.4 Å². The Labute approximate surface area is 124 Å². The van der Waals surface area contributed by atoms with E-state index in [0.29, 0.717) is 17.2 Å². The molecule has 0 aromatic heterocycles. The fourth-order valence-electron chi connectivity index (χ4n) is 4.36. The highest BCUT2D eigenvalue weighted by Gasteiger charge is 2.45. The normalized spacial score (nSPS) is 37.8. The van der Waals surface area contributed by atoms with E-state index in [1.807, 2.05) is 0 Å². The van der Waals surface area contributed by atoms with E-state index in [1.54, 1.807) is 0 Å². The molecule has 1 N–H and O–H groups in total. The fourth-order valence-corrected chi connectivity index (χ4v) is 4.36. The van der Waals surface area contributed by atoms with Crippen LogP contribution in [0.2, 0.25) is 0 Å². The quantitative estimate of drug-likeness (QED) is 0.857. The highest BCUT2D eigenvalue weighted by molar-refractivity contribution is 5.05. The van der Waals surface area contributed by atoms with E-state index in [1.165, 1.54) is 64.5 Å². The third-order valence-corrected chi connectivity index (χ3v) is 6.17. The Morgan fingerprint density at radius 2 is 2.05 bits per heavy atom. The summed E-state index contributed by atoms with van der Waals surface area (Å²) >= 11 is 0. The van der Waals surface area contributed by atoms with Gasteiger partial charge in [0.25, 0.3) is 0 Å². The van der Waals surface area contributed by atoms with Gasteiger partial charge in [-0.3, -0.25) is 4.90 Å². The van der Waals surface area contributed by atoms with Crippen LogP contribution in [0, 0.1) is 0 Å². The molecule has 2 heterocycles. The van der Waals surface area contributed by atoms with Crippen molar-refractivity contribution in [3.63, 3.8) is 0 Å². The van der Waals surface area contributed by atoms with E-state index in [2.05, 4.69) is 24.1 Å². The van der Waals surface area contributed by atoms with E-state index in [9.17, 15) is 0 Å². The Morgan fingerprint density at radius 3 is 2.70 bits per heavy atom. The minimum atomic E-state index is 0.340. The highest BCUT2D eigenvalue weighted by Crippen LogP contribution is 2.37. The monoisotopic (exact) mass is 280 g/mol. The fraction of sp³-hybridized carbons (Fsp3) is 1.00. The van der Waals surface area contributed by atoms with E-state index in [4.69, 9.17) is 4.74 Å². The minimum absolute atomic E-state index is 0.340. The van der Waals surface area contributed by atoms with Crippen molar-refractivity contribution < 1.29 is 4.74 Å². The van der Waals surface area contributed by atoms with Gasteiger partial charge >= 0.3 is 0 Å². The molecule has 0 bridgehead atoms. The van der Waals surface area contributed by atoms with Crippen molar-refractivity contribution in [3.05, 3.63) is 0 Å². The highest BCUT2D eigenvalue weighted by atomic mass is 16.5. The second-order valence-electron chi connectivity index (χ2n) is 7.54. The summed E-state index contributed by atoms with van der Waals surface area (Å²) in [6, 6.07) is 0. The molecule has 0 aromatic rings. The largest absolute Gasteiger partial charge is 0.378 e. The zero-order valence-corrected chi connectivity index (χ0v) is 13.4. The smallest absolute Gasteiger partial charge is 0.0588 e. The van der Waals surface area contributed by atoms with Gasteiger partial charge in [0.05, 0.1) is 6.10 Å². The lowest BCUT2D eigenvalue weighted by Crippen LogP contribution is -2.68. The first-order valence-corrected chi connectivity index (χ1v) is 8.78.